The topological polar surface area (TPSA) is 113 Å². The highest BCUT2D eigenvalue weighted by Gasteiger charge is 2.29. The molecule has 0 saturated carbocycles. The Labute approximate surface area is 204 Å². The second-order valence-electron chi connectivity index (χ2n) is 7.70. The number of rotatable bonds is 8. The third-order valence-corrected chi connectivity index (χ3v) is 7.80. The fourth-order valence-electron chi connectivity index (χ4n) is 3.20. The summed E-state index contributed by atoms with van der Waals surface area (Å²) < 4.78 is 53.5. The number of benzene rings is 3. The summed E-state index contributed by atoms with van der Waals surface area (Å²) in [6, 6.07) is 17.5. The quantitative estimate of drug-likeness (QED) is 0.460. The zero-order valence-electron chi connectivity index (χ0n) is 18.7. The van der Waals surface area contributed by atoms with Gasteiger partial charge in [-0.2, -0.15) is 0 Å². The molecular formula is C23H24ClN3O5S2. The Morgan fingerprint density at radius 2 is 1.38 bits per heavy atom. The van der Waals surface area contributed by atoms with E-state index >= 15 is 0 Å². The number of halogens is 1. The lowest BCUT2D eigenvalue weighted by atomic mass is 10.2. The Kier molecular flexibility index (Phi) is 7.54. The number of anilines is 3. The third-order valence-electron chi connectivity index (χ3n) is 4.91. The fourth-order valence-corrected chi connectivity index (χ4v) is 5.56. The highest BCUT2D eigenvalue weighted by molar-refractivity contribution is 7.92. The standard InChI is InChI=1S/C23H24ClN3O5S2/c1-16-4-8-20(9-5-16)26-34(31,32)22-14-10-19(11-15-22)25-23(28)17(2)27(33(3,29)30)21-12-6-18(24)7-13-21/h4-15,17,26H,1-3H3,(H,25,28)/t17-/m0/s1. The molecular weight excluding hydrogens is 498 g/mol. The average Bonchev–Trinajstić information content (AvgIpc) is 2.76. The number of hydrogen-bond acceptors (Lipinski definition) is 5. The SMILES string of the molecule is Cc1ccc(NS(=O)(=O)c2ccc(NC(=O)[C@H](C)N(c3ccc(Cl)cc3)S(C)(=O)=O)cc2)cc1. The van der Waals surface area contributed by atoms with Gasteiger partial charge in [-0.05, 0) is 74.5 Å². The number of amides is 1. The van der Waals surface area contributed by atoms with E-state index in [1.165, 1.54) is 55.5 Å². The van der Waals surface area contributed by atoms with E-state index in [1.54, 1.807) is 24.3 Å². The Balaban J connectivity index is 1.75. The zero-order valence-corrected chi connectivity index (χ0v) is 21.1. The van der Waals surface area contributed by atoms with Crippen LogP contribution in [0.3, 0.4) is 0 Å². The van der Waals surface area contributed by atoms with E-state index in [4.69, 9.17) is 11.6 Å². The molecule has 34 heavy (non-hydrogen) atoms. The second kappa shape index (κ2) is 10.0. The Morgan fingerprint density at radius 1 is 0.853 bits per heavy atom. The molecule has 0 aliphatic heterocycles. The first-order valence-corrected chi connectivity index (χ1v) is 13.8. The van der Waals surface area contributed by atoms with E-state index in [2.05, 4.69) is 10.0 Å². The van der Waals surface area contributed by atoms with Crippen LogP contribution >= 0.6 is 11.6 Å². The zero-order chi connectivity index (χ0) is 25.1. The Morgan fingerprint density at radius 3 is 1.91 bits per heavy atom. The predicted molar refractivity (Wildman–Crippen MR) is 135 cm³/mol. The number of hydrogen-bond donors (Lipinski definition) is 2. The lowest BCUT2D eigenvalue weighted by Gasteiger charge is -2.28. The van der Waals surface area contributed by atoms with Crippen molar-refractivity contribution in [3.05, 3.63) is 83.4 Å². The Bertz CT molecular complexity index is 1370. The fraction of sp³-hybridized carbons (Fsp3) is 0.174. The lowest BCUT2D eigenvalue weighted by molar-refractivity contribution is -0.116. The summed E-state index contributed by atoms with van der Waals surface area (Å²) in [4.78, 5) is 12.8. The van der Waals surface area contributed by atoms with Gasteiger partial charge in [0.25, 0.3) is 10.0 Å². The minimum Gasteiger partial charge on any atom is -0.324 e. The smallest absolute Gasteiger partial charge is 0.261 e. The van der Waals surface area contributed by atoms with Crippen LogP contribution in [0.1, 0.15) is 12.5 Å². The summed E-state index contributed by atoms with van der Waals surface area (Å²) >= 11 is 5.88. The molecule has 11 heteroatoms. The maximum absolute atomic E-state index is 12.8. The number of nitrogens with zero attached hydrogens (tertiary/aromatic N) is 1. The molecule has 180 valence electrons. The first kappa shape index (κ1) is 25.5. The van der Waals surface area contributed by atoms with Crippen molar-refractivity contribution in [2.24, 2.45) is 0 Å². The third kappa shape index (κ3) is 6.28. The van der Waals surface area contributed by atoms with Gasteiger partial charge in [-0.3, -0.25) is 13.8 Å². The summed E-state index contributed by atoms with van der Waals surface area (Å²) in [5.41, 5.74) is 2.04. The highest BCUT2D eigenvalue weighted by atomic mass is 35.5. The van der Waals surface area contributed by atoms with Crippen molar-refractivity contribution in [3.63, 3.8) is 0 Å². The van der Waals surface area contributed by atoms with Crippen molar-refractivity contribution >= 4 is 54.6 Å². The first-order chi connectivity index (χ1) is 15.9. The van der Waals surface area contributed by atoms with Crippen molar-refractivity contribution in [2.75, 3.05) is 20.6 Å². The molecule has 2 N–H and O–H groups in total. The van der Waals surface area contributed by atoms with Gasteiger partial charge in [0, 0.05) is 16.4 Å². The summed E-state index contributed by atoms with van der Waals surface area (Å²) in [5, 5.41) is 3.06. The van der Waals surface area contributed by atoms with Crippen molar-refractivity contribution in [2.45, 2.75) is 24.8 Å². The molecule has 3 aromatic carbocycles. The molecule has 0 bridgehead atoms. The molecule has 0 aromatic heterocycles. The molecule has 0 fully saturated rings. The van der Waals surface area contributed by atoms with Crippen LogP contribution in [0.25, 0.3) is 0 Å². The van der Waals surface area contributed by atoms with E-state index in [1.807, 2.05) is 6.92 Å². The number of nitrogens with one attached hydrogen (secondary N) is 2. The molecule has 0 spiro atoms. The van der Waals surface area contributed by atoms with E-state index in [0.717, 1.165) is 16.1 Å². The molecule has 0 radical (unpaired) electrons. The molecule has 0 saturated heterocycles. The van der Waals surface area contributed by atoms with Crippen LogP contribution in [0, 0.1) is 6.92 Å². The van der Waals surface area contributed by atoms with Crippen LogP contribution in [0.15, 0.2) is 77.7 Å². The highest BCUT2D eigenvalue weighted by Crippen LogP contribution is 2.24. The van der Waals surface area contributed by atoms with Gasteiger partial charge in [0.05, 0.1) is 16.8 Å². The van der Waals surface area contributed by atoms with Gasteiger partial charge in [0.1, 0.15) is 6.04 Å². The van der Waals surface area contributed by atoms with Crippen LogP contribution in [-0.4, -0.2) is 35.0 Å². The maximum atomic E-state index is 12.8. The molecule has 0 unspecified atom stereocenters. The van der Waals surface area contributed by atoms with E-state index < -0.39 is 32.0 Å². The molecule has 1 amide bonds. The molecule has 8 nitrogen and oxygen atoms in total. The van der Waals surface area contributed by atoms with E-state index in [-0.39, 0.29) is 10.6 Å². The van der Waals surface area contributed by atoms with Gasteiger partial charge in [0.15, 0.2) is 0 Å². The summed E-state index contributed by atoms with van der Waals surface area (Å²) in [6.45, 7) is 3.35. The first-order valence-electron chi connectivity index (χ1n) is 10.1. The summed E-state index contributed by atoms with van der Waals surface area (Å²) in [5.74, 6) is -0.589. The predicted octanol–water partition coefficient (Wildman–Crippen LogP) is 4.24. The molecule has 0 heterocycles. The monoisotopic (exact) mass is 521 g/mol. The number of carbonyl (C=O) groups excluding carboxylic acids is 1. The van der Waals surface area contributed by atoms with Crippen LogP contribution in [0.2, 0.25) is 5.02 Å². The maximum Gasteiger partial charge on any atom is 0.261 e. The molecule has 3 rings (SSSR count). The van der Waals surface area contributed by atoms with Crippen molar-refractivity contribution < 1.29 is 21.6 Å². The van der Waals surface area contributed by atoms with Gasteiger partial charge >= 0.3 is 0 Å². The molecule has 0 aliphatic carbocycles. The van der Waals surface area contributed by atoms with Crippen molar-refractivity contribution in [1.82, 2.24) is 0 Å². The normalized spacial score (nSPS) is 12.6. The lowest BCUT2D eigenvalue weighted by Crippen LogP contribution is -2.45. The Hall–Kier alpha value is -3.08. The average molecular weight is 522 g/mol. The number of carbonyl (C=O) groups is 1. The summed E-state index contributed by atoms with van der Waals surface area (Å²) in [7, 11) is -7.61. The van der Waals surface area contributed by atoms with E-state index in [9.17, 15) is 21.6 Å². The van der Waals surface area contributed by atoms with Crippen LogP contribution in [-0.2, 0) is 24.8 Å². The van der Waals surface area contributed by atoms with Crippen molar-refractivity contribution in [3.8, 4) is 0 Å². The second-order valence-corrected chi connectivity index (χ2v) is 11.7. The molecule has 1 atom stereocenters. The number of aryl methyl sites for hydroxylation is 1. The molecule has 0 aliphatic rings. The minimum absolute atomic E-state index is 0.0121. The minimum atomic E-state index is -3.82. The molecule has 3 aromatic rings. The van der Waals surface area contributed by atoms with Gasteiger partial charge in [-0.15, -0.1) is 0 Å². The largest absolute Gasteiger partial charge is 0.324 e. The van der Waals surface area contributed by atoms with Crippen molar-refractivity contribution in [1.29, 1.82) is 0 Å². The van der Waals surface area contributed by atoms with E-state index in [0.29, 0.717) is 16.4 Å². The van der Waals surface area contributed by atoms with Crippen LogP contribution in [0.5, 0.6) is 0 Å². The van der Waals surface area contributed by atoms with Crippen LogP contribution < -0.4 is 14.3 Å². The van der Waals surface area contributed by atoms with Gasteiger partial charge in [-0.25, -0.2) is 16.8 Å². The number of sulfonamides is 2. The van der Waals surface area contributed by atoms with Gasteiger partial charge in [0.2, 0.25) is 15.9 Å². The van der Waals surface area contributed by atoms with Gasteiger partial charge < -0.3 is 5.32 Å². The van der Waals surface area contributed by atoms with Gasteiger partial charge in [-0.1, -0.05) is 29.3 Å². The van der Waals surface area contributed by atoms with Crippen LogP contribution in [0.4, 0.5) is 17.1 Å². The summed E-state index contributed by atoms with van der Waals surface area (Å²) in [6.07, 6.45) is 1.01.